The van der Waals surface area contributed by atoms with Crippen molar-refractivity contribution >= 4 is 16.8 Å². The van der Waals surface area contributed by atoms with Gasteiger partial charge in [-0.1, -0.05) is 6.42 Å². The van der Waals surface area contributed by atoms with E-state index in [0.717, 1.165) is 13.0 Å². The Labute approximate surface area is 99.5 Å². The van der Waals surface area contributed by atoms with Gasteiger partial charge in [0, 0.05) is 28.3 Å². The van der Waals surface area contributed by atoms with Crippen molar-refractivity contribution < 1.29 is 14.1 Å². The Morgan fingerprint density at radius 3 is 2.81 bits per heavy atom. The van der Waals surface area contributed by atoms with Gasteiger partial charge >= 0.3 is 5.97 Å². The second-order valence-electron chi connectivity index (χ2n) is 4.41. The van der Waals surface area contributed by atoms with Crippen molar-refractivity contribution in [3.63, 3.8) is 0 Å². The van der Waals surface area contributed by atoms with E-state index in [4.69, 9.17) is 5.11 Å². The molecule has 0 radical (unpaired) electrons. The first-order chi connectivity index (χ1) is 7.59. The van der Waals surface area contributed by atoms with Gasteiger partial charge in [0.15, 0.2) is 0 Å². The summed E-state index contributed by atoms with van der Waals surface area (Å²) in [5.41, 5.74) is 0. The van der Waals surface area contributed by atoms with E-state index >= 15 is 0 Å². The third-order valence-corrected chi connectivity index (χ3v) is 4.49. The molecule has 94 valence electrons. The Bertz CT molecular complexity index is 258. The van der Waals surface area contributed by atoms with E-state index in [0.29, 0.717) is 17.5 Å². The molecule has 1 aliphatic rings. The molecule has 0 spiro atoms. The van der Waals surface area contributed by atoms with Gasteiger partial charge in [-0.05, 0) is 32.9 Å². The number of hydrogen-bond donors (Lipinski definition) is 1. The van der Waals surface area contributed by atoms with Gasteiger partial charge < -0.3 is 10.0 Å². The molecule has 0 aliphatic carbocycles. The van der Waals surface area contributed by atoms with E-state index in [1.807, 2.05) is 0 Å². The normalized spacial score (nSPS) is 24.2. The lowest BCUT2D eigenvalue weighted by atomic mass is 10.0. The van der Waals surface area contributed by atoms with Crippen LogP contribution in [0.3, 0.4) is 0 Å². The molecule has 1 aliphatic heterocycles. The van der Waals surface area contributed by atoms with Gasteiger partial charge in [0.2, 0.25) is 0 Å². The Morgan fingerprint density at radius 1 is 1.44 bits per heavy atom. The molecule has 1 saturated heterocycles. The molecule has 1 fully saturated rings. The number of carboxylic acids is 1. The van der Waals surface area contributed by atoms with Crippen LogP contribution in [-0.4, -0.2) is 51.3 Å². The zero-order valence-electron chi connectivity index (χ0n) is 9.85. The van der Waals surface area contributed by atoms with Gasteiger partial charge in [0.25, 0.3) is 0 Å². The topological polar surface area (TPSA) is 57.6 Å². The highest BCUT2D eigenvalue weighted by Gasteiger charge is 2.19. The Balaban J connectivity index is 2.17. The maximum absolute atomic E-state index is 11.5. The lowest BCUT2D eigenvalue weighted by Crippen LogP contribution is -2.37. The number of rotatable bonds is 6. The first-order valence-corrected chi connectivity index (χ1v) is 7.35. The summed E-state index contributed by atoms with van der Waals surface area (Å²) in [6.45, 7) is 1.13. The molecule has 1 rings (SSSR count). The van der Waals surface area contributed by atoms with Crippen LogP contribution in [0.15, 0.2) is 0 Å². The second-order valence-corrected chi connectivity index (χ2v) is 6.11. The van der Waals surface area contributed by atoms with Crippen LogP contribution in [0.2, 0.25) is 0 Å². The maximum Gasteiger partial charge on any atom is 0.304 e. The monoisotopic (exact) mass is 247 g/mol. The van der Waals surface area contributed by atoms with E-state index in [1.165, 1.54) is 19.3 Å². The van der Waals surface area contributed by atoms with Gasteiger partial charge in [0.1, 0.15) is 0 Å². The van der Waals surface area contributed by atoms with Gasteiger partial charge in [0.05, 0.1) is 6.42 Å². The molecule has 0 saturated carbocycles. The molecule has 2 unspecified atom stereocenters. The molecule has 0 bridgehead atoms. The van der Waals surface area contributed by atoms with Gasteiger partial charge in [-0.2, -0.15) is 0 Å². The third-order valence-electron chi connectivity index (χ3n) is 3.14. The van der Waals surface area contributed by atoms with E-state index in [-0.39, 0.29) is 6.42 Å². The average Bonchev–Trinajstić information content (AvgIpc) is 2.25. The van der Waals surface area contributed by atoms with Crippen LogP contribution in [0, 0.1) is 0 Å². The molecule has 2 atom stereocenters. The fourth-order valence-electron chi connectivity index (χ4n) is 2.08. The van der Waals surface area contributed by atoms with Crippen molar-refractivity contribution in [2.45, 2.75) is 38.1 Å². The van der Waals surface area contributed by atoms with Crippen molar-refractivity contribution in [3.8, 4) is 0 Å². The second kappa shape index (κ2) is 7.01. The first kappa shape index (κ1) is 13.6. The predicted molar refractivity (Wildman–Crippen MR) is 65.0 cm³/mol. The molecule has 0 aromatic carbocycles. The van der Waals surface area contributed by atoms with Gasteiger partial charge in [-0.15, -0.1) is 0 Å². The van der Waals surface area contributed by atoms with Crippen molar-refractivity contribution in [2.75, 3.05) is 25.1 Å². The summed E-state index contributed by atoms with van der Waals surface area (Å²) < 4.78 is 11.5. The molecule has 1 heterocycles. The average molecular weight is 247 g/mol. The highest BCUT2D eigenvalue weighted by Crippen LogP contribution is 2.17. The molecule has 1 N–H and O–H groups in total. The summed E-state index contributed by atoms with van der Waals surface area (Å²) in [5, 5.41) is 8.48. The molecule has 0 amide bonds. The molecule has 0 aromatic rings. The summed E-state index contributed by atoms with van der Waals surface area (Å²) in [6.07, 6.45) is 4.66. The number of hydrogen-bond acceptors (Lipinski definition) is 3. The summed E-state index contributed by atoms with van der Waals surface area (Å²) in [6, 6.07) is 0.544. The van der Waals surface area contributed by atoms with Crippen LogP contribution in [-0.2, 0) is 15.6 Å². The van der Waals surface area contributed by atoms with Crippen LogP contribution in [0.25, 0.3) is 0 Å². The van der Waals surface area contributed by atoms with Crippen LogP contribution in [0.1, 0.15) is 32.1 Å². The van der Waals surface area contributed by atoms with Crippen LogP contribution >= 0.6 is 0 Å². The van der Waals surface area contributed by atoms with Crippen LogP contribution < -0.4 is 0 Å². The van der Waals surface area contributed by atoms with Crippen molar-refractivity contribution in [2.24, 2.45) is 0 Å². The zero-order valence-corrected chi connectivity index (χ0v) is 10.7. The predicted octanol–water partition coefficient (Wildman–Crippen LogP) is 1.08. The summed E-state index contributed by atoms with van der Waals surface area (Å²) >= 11 is 0. The summed E-state index contributed by atoms with van der Waals surface area (Å²) in [7, 11) is 1.15. The number of likely N-dealkylation sites (tertiary alicyclic amines) is 1. The minimum absolute atomic E-state index is 0.0209. The largest absolute Gasteiger partial charge is 0.481 e. The van der Waals surface area contributed by atoms with E-state index in [2.05, 4.69) is 11.9 Å². The molecule has 5 heteroatoms. The zero-order chi connectivity index (χ0) is 12.0. The summed E-state index contributed by atoms with van der Waals surface area (Å²) in [4.78, 5) is 12.7. The fraction of sp³-hybridized carbons (Fsp3) is 0.909. The third kappa shape index (κ3) is 5.07. The lowest BCUT2D eigenvalue weighted by Gasteiger charge is -2.32. The molecular formula is C11H21NO3S. The standard InChI is InChI=1S/C11H21NO3S/c1-12-7-3-2-4-10(12)5-8-16(15)9-6-11(13)14/h10H,2-9H2,1H3,(H,13,14). The van der Waals surface area contributed by atoms with E-state index in [1.54, 1.807) is 0 Å². The molecule has 4 nitrogen and oxygen atoms in total. The van der Waals surface area contributed by atoms with Crippen molar-refractivity contribution in [1.29, 1.82) is 0 Å². The fourth-order valence-corrected chi connectivity index (χ4v) is 3.22. The minimum Gasteiger partial charge on any atom is -0.481 e. The van der Waals surface area contributed by atoms with Gasteiger partial charge in [-0.3, -0.25) is 9.00 Å². The van der Waals surface area contributed by atoms with Crippen molar-refractivity contribution in [1.82, 2.24) is 4.90 Å². The van der Waals surface area contributed by atoms with Crippen molar-refractivity contribution in [3.05, 3.63) is 0 Å². The number of piperidine rings is 1. The Kier molecular flexibility index (Phi) is 5.98. The van der Waals surface area contributed by atoms with Gasteiger partial charge in [-0.25, -0.2) is 0 Å². The van der Waals surface area contributed by atoms with E-state index < -0.39 is 16.8 Å². The molecular weight excluding hydrogens is 226 g/mol. The number of aliphatic carboxylic acids is 1. The quantitative estimate of drug-likeness (QED) is 0.763. The van der Waals surface area contributed by atoms with Crippen LogP contribution in [0.4, 0.5) is 0 Å². The number of nitrogens with zero attached hydrogens (tertiary/aromatic N) is 1. The first-order valence-electron chi connectivity index (χ1n) is 5.86. The smallest absolute Gasteiger partial charge is 0.304 e. The Hall–Kier alpha value is -0.420. The lowest BCUT2D eigenvalue weighted by molar-refractivity contribution is -0.136. The Morgan fingerprint density at radius 2 is 2.19 bits per heavy atom. The molecule has 16 heavy (non-hydrogen) atoms. The van der Waals surface area contributed by atoms with Crippen LogP contribution in [0.5, 0.6) is 0 Å². The molecule has 0 aromatic heterocycles. The van der Waals surface area contributed by atoms with E-state index in [9.17, 15) is 9.00 Å². The number of carbonyl (C=O) groups is 1. The SMILES string of the molecule is CN1CCCCC1CCS(=O)CCC(=O)O. The number of carboxylic acid groups (broad SMARTS) is 1. The summed E-state index contributed by atoms with van der Waals surface area (Å²) in [5.74, 6) is 0.0803. The minimum atomic E-state index is -0.965. The highest BCUT2D eigenvalue weighted by molar-refractivity contribution is 7.84. The highest BCUT2D eigenvalue weighted by atomic mass is 32.2. The maximum atomic E-state index is 11.5.